The molecule has 0 fully saturated rings. The lowest BCUT2D eigenvalue weighted by molar-refractivity contribution is -0.137. The van der Waals surface area contributed by atoms with E-state index < -0.39 is 12.1 Å². The summed E-state index contributed by atoms with van der Waals surface area (Å²) >= 11 is 0. The molecule has 116 valence electrons. The summed E-state index contributed by atoms with van der Waals surface area (Å²) in [6.45, 7) is 2.33. The number of benzene rings is 1. The maximum atomic E-state index is 10.8. The van der Waals surface area contributed by atoms with E-state index in [9.17, 15) is 14.7 Å². The molecule has 1 amide bonds. The minimum atomic E-state index is -0.899. The first-order valence-corrected chi connectivity index (χ1v) is 6.93. The van der Waals surface area contributed by atoms with Gasteiger partial charge in [-0.2, -0.15) is 0 Å². The number of aliphatic carboxylic acids is 1. The van der Waals surface area contributed by atoms with Gasteiger partial charge in [-0.15, -0.1) is 0 Å². The van der Waals surface area contributed by atoms with Gasteiger partial charge < -0.3 is 20.8 Å². The molecule has 1 rings (SSSR count). The van der Waals surface area contributed by atoms with Gasteiger partial charge in [-0.25, -0.2) is 0 Å². The van der Waals surface area contributed by atoms with Crippen molar-refractivity contribution in [3.8, 4) is 0 Å². The van der Waals surface area contributed by atoms with Crippen LogP contribution in [0.3, 0.4) is 0 Å². The largest absolute Gasteiger partial charge is 0.481 e. The van der Waals surface area contributed by atoms with Crippen molar-refractivity contribution >= 4 is 11.9 Å². The molecule has 2 atom stereocenters. The van der Waals surface area contributed by atoms with Gasteiger partial charge in [-0.05, 0) is 12.0 Å². The number of aliphatic hydroxyl groups is 1. The van der Waals surface area contributed by atoms with Crippen LogP contribution in [0.1, 0.15) is 31.4 Å². The minimum Gasteiger partial charge on any atom is -0.481 e. The molecule has 0 aliphatic heterocycles. The van der Waals surface area contributed by atoms with Gasteiger partial charge in [0, 0.05) is 32.5 Å². The van der Waals surface area contributed by atoms with Crippen molar-refractivity contribution in [2.24, 2.45) is 0 Å². The molecule has 6 heteroatoms. The fourth-order valence-corrected chi connectivity index (χ4v) is 2.03. The van der Waals surface area contributed by atoms with E-state index in [1.807, 2.05) is 18.2 Å². The summed E-state index contributed by atoms with van der Waals surface area (Å²) in [5.74, 6) is -1.02. The molecule has 6 nitrogen and oxygen atoms in total. The van der Waals surface area contributed by atoms with E-state index in [-0.39, 0.29) is 18.4 Å². The Labute approximate surface area is 124 Å². The number of rotatable bonds is 9. The van der Waals surface area contributed by atoms with Crippen LogP contribution < -0.4 is 10.6 Å². The monoisotopic (exact) mass is 294 g/mol. The van der Waals surface area contributed by atoms with E-state index in [2.05, 4.69) is 10.6 Å². The Balaban J connectivity index is 2.58. The third-order valence-corrected chi connectivity index (χ3v) is 3.10. The number of nitrogens with one attached hydrogen (secondary N) is 2. The average molecular weight is 294 g/mol. The molecule has 0 radical (unpaired) electrons. The van der Waals surface area contributed by atoms with Gasteiger partial charge >= 0.3 is 5.97 Å². The second-order valence-corrected chi connectivity index (χ2v) is 4.83. The number of carbonyl (C=O) groups is 2. The Morgan fingerprint density at radius 3 is 2.43 bits per heavy atom. The number of hydrogen-bond donors (Lipinski definition) is 4. The quantitative estimate of drug-likeness (QED) is 0.502. The minimum absolute atomic E-state index is 0.0261. The van der Waals surface area contributed by atoms with E-state index in [0.717, 1.165) is 5.56 Å². The van der Waals surface area contributed by atoms with Crippen LogP contribution in [0.25, 0.3) is 0 Å². The Kier molecular flexibility index (Phi) is 7.42. The molecule has 0 aromatic heterocycles. The summed E-state index contributed by atoms with van der Waals surface area (Å²) in [7, 11) is 0. The fourth-order valence-electron chi connectivity index (χ4n) is 2.03. The third-order valence-electron chi connectivity index (χ3n) is 3.10. The van der Waals surface area contributed by atoms with Crippen LogP contribution in [0.2, 0.25) is 0 Å². The van der Waals surface area contributed by atoms with Crippen molar-refractivity contribution in [2.75, 3.05) is 13.1 Å². The molecule has 0 bridgehead atoms. The van der Waals surface area contributed by atoms with E-state index in [4.69, 9.17) is 5.11 Å². The Morgan fingerprint density at radius 2 is 1.86 bits per heavy atom. The lowest BCUT2D eigenvalue weighted by Gasteiger charge is -2.24. The number of hydrogen-bond acceptors (Lipinski definition) is 4. The molecule has 4 N–H and O–H groups in total. The normalized spacial score (nSPS) is 13.4. The van der Waals surface area contributed by atoms with E-state index in [1.54, 1.807) is 12.1 Å². The van der Waals surface area contributed by atoms with Crippen LogP contribution >= 0.6 is 0 Å². The highest BCUT2D eigenvalue weighted by molar-refractivity contribution is 5.72. The number of carboxylic acid groups (broad SMARTS) is 1. The lowest BCUT2D eigenvalue weighted by Crippen LogP contribution is -2.40. The van der Waals surface area contributed by atoms with Gasteiger partial charge in [0.15, 0.2) is 0 Å². The van der Waals surface area contributed by atoms with E-state index >= 15 is 0 Å². The molecule has 0 saturated heterocycles. The fraction of sp³-hybridized carbons (Fsp3) is 0.467. The van der Waals surface area contributed by atoms with Crippen LogP contribution in [-0.2, 0) is 9.59 Å². The Bertz CT molecular complexity index is 450. The van der Waals surface area contributed by atoms with Crippen LogP contribution in [0, 0.1) is 0 Å². The van der Waals surface area contributed by atoms with Crippen molar-refractivity contribution < 1.29 is 19.8 Å². The third kappa shape index (κ3) is 6.87. The number of carboxylic acids is 1. The summed E-state index contributed by atoms with van der Waals surface area (Å²) in [6, 6.07) is 8.72. The van der Waals surface area contributed by atoms with Crippen LogP contribution in [-0.4, -0.2) is 41.2 Å². The topological polar surface area (TPSA) is 98.7 Å². The molecule has 1 aromatic carbocycles. The number of aliphatic hydroxyl groups excluding tert-OH is 1. The second-order valence-electron chi connectivity index (χ2n) is 4.83. The Morgan fingerprint density at radius 1 is 1.19 bits per heavy atom. The lowest BCUT2D eigenvalue weighted by atomic mass is 9.98. The van der Waals surface area contributed by atoms with E-state index in [0.29, 0.717) is 19.5 Å². The van der Waals surface area contributed by atoms with Gasteiger partial charge in [0.2, 0.25) is 5.91 Å². The van der Waals surface area contributed by atoms with Crippen molar-refractivity contribution in [3.63, 3.8) is 0 Å². The Hall–Kier alpha value is -1.92. The standard InChI is InChI=1S/C15H22N2O4/c1-11(18)16-9-10-17-13(7-8-14(19)20)15(21)12-5-3-2-4-6-12/h2-6,13,15,17,21H,7-10H2,1H3,(H,16,18)(H,19,20). The molecular formula is C15H22N2O4. The van der Waals surface area contributed by atoms with Crippen molar-refractivity contribution in [1.29, 1.82) is 0 Å². The number of amides is 1. The molecule has 0 spiro atoms. The molecule has 1 aromatic rings. The zero-order valence-corrected chi connectivity index (χ0v) is 12.1. The summed E-state index contributed by atoms with van der Waals surface area (Å²) in [6.07, 6.45) is -0.504. The van der Waals surface area contributed by atoms with Crippen molar-refractivity contribution in [3.05, 3.63) is 35.9 Å². The van der Waals surface area contributed by atoms with Crippen molar-refractivity contribution in [1.82, 2.24) is 10.6 Å². The van der Waals surface area contributed by atoms with Gasteiger partial charge in [-0.3, -0.25) is 9.59 Å². The predicted octanol–water partition coefficient (Wildman–Crippen LogP) is 0.679. The zero-order valence-electron chi connectivity index (χ0n) is 12.1. The molecule has 21 heavy (non-hydrogen) atoms. The van der Waals surface area contributed by atoms with E-state index in [1.165, 1.54) is 6.92 Å². The van der Waals surface area contributed by atoms with Gasteiger partial charge in [-0.1, -0.05) is 30.3 Å². The van der Waals surface area contributed by atoms with Crippen LogP contribution in [0.5, 0.6) is 0 Å². The molecule has 2 unspecified atom stereocenters. The maximum absolute atomic E-state index is 10.8. The van der Waals surface area contributed by atoms with Crippen molar-refractivity contribution in [2.45, 2.75) is 31.9 Å². The summed E-state index contributed by atoms with van der Waals surface area (Å²) in [5.41, 5.74) is 0.736. The summed E-state index contributed by atoms with van der Waals surface area (Å²) in [5, 5.41) is 24.9. The first-order chi connectivity index (χ1) is 10.0. The molecule has 0 heterocycles. The predicted molar refractivity (Wildman–Crippen MR) is 78.7 cm³/mol. The summed E-state index contributed by atoms with van der Waals surface area (Å²) in [4.78, 5) is 21.5. The highest BCUT2D eigenvalue weighted by Crippen LogP contribution is 2.19. The second kappa shape index (κ2) is 9.10. The van der Waals surface area contributed by atoms with Gasteiger partial charge in [0.05, 0.1) is 6.10 Å². The van der Waals surface area contributed by atoms with Crippen LogP contribution in [0.15, 0.2) is 30.3 Å². The molecule has 0 aliphatic carbocycles. The molecular weight excluding hydrogens is 272 g/mol. The molecule has 0 saturated carbocycles. The number of carbonyl (C=O) groups excluding carboxylic acids is 1. The first kappa shape index (κ1) is 17.1. The highest BCUT2D eigenvalue weighted by Gasteiger charge is 2.21. The average Bonchev–Trinajstić information content (AvgIpc) is 2.46. The molecule has 0 aliphatic rings. The summed E-state index contributed by atoms with van der Waals surface area (Å²) < 4.78 is 0. The highest BCUT2D eigenvalue weighted by atomic mass is 16.4. The first-order valence-electron chi connectivity index (χ1n) is 6.93. The maximum Gasteiger partial charge on any atom is 0.303 e. The van der Waals surface area contributed by atoms with Crippen LogP contribution in [0.4, 0.5) is 0 Å². The van der Waals surface area contributed by atoms with Gasteiger partial charge in [0.25, 0.3) is 0 Å². The zero-order chi connectivity index (χ0) is 15.7. The van der Waals surface area contributed by atoms with Gasteiger partial charge in [0.1, 0.15) is 0 Å². The SMILES string of the molecule is CC(=O)NCCNC(CCC(=O)O)C(O)c1ccccc1. The smallest absolute Gasteiger partial charge is 0.303 e.